The standard InChI is InChI=1S/C16H23ClN2O2/c1-3-5-13-10-12(11-14(17)18-13)15(20)19-8-4-6-16(2,21)7-9-19/h10-11,21H,3-9H2,1-2H3. The molecular weight excluding hydrogens is 288 g/mol. The highest BCUT2D eigenvalue weighted by molar-refractivity contribution is 6.29. The van der Waals surface area contributed by atoms with Gasteiger partial charge in [-0.25, -0.2) is 4.98 Å². The number of aliphatic hydroxyl groups is 1. The summed E-state index contributed by atoms with van der Waals surface area (Å²) in [6.07, 6.45) is 3.94. The van der Waals surface area contributed by atoms with Crippen LogP contribution in [0.25, 0.3) is 0 Å². The normalized spacial score (nSPS) is 23.0. The first-order chi connectivity index (χ1) is 9.91. The minimum atomic E-state index is -0.668. The van der Waals surface area contributed by atoms with Gasteiger partial charge in [0.2, 0.25) is 0 Å². The van der Waals surface area contributed by atoms with Crippen LogP contribution in [0.3, 0.4) is 0 Å². The highest BCUT2D eigenvalue weighted by Gasteiger charge is 2.27. The van der Waals surface area contributed by atoms with Crippen LogP contribution in [-0.2, 0) is 6.42 Å². The molecule has 116 valence electrons. The quantitative estimate of drug-likeness (QED) is 0.873. The van der Waals surface area contributed by atoms with Crippen LogP contribution in [-0.4, -0.2) is 39.6 Å². The van der Waals surface area contributed by atoms with Crippen molar-refractivity contribution in [3.8, 4) is 0 Å². The smallest absolute Gasteiger partial charge is 0.254 e. The molecule has 1 N–H and O–H groups in total. The minimum absolute atomic E-state index is 0.0191. The molecule has 1 amide bonds. The molecule has 0 aromatic carbocycles. The molecule has 21 heavy (non-hydrogen) atoms. The van der Waals surface area contributed by atoms with Crippen LogP contribution in [0.15, 0.2) is 12.1 Å². The molecule has 1 aromatic rings. The SMILES string of the molecule is CCCc1cc(C(=O)N2CCCC(C)(O)CC2)cc(Cl)n1. The molecule has 2 rings (SSSR count). The average molecular weight is 311 g/mol. The lowest BCUT2D eigenvalue weighted by atomic mass is 9.98. The Morgan fingerprint density at radius 3 is 2.90 bits per heavy atom. The number of rotatable bonds is 3. The largest absolute Gasteiger partial charge is 0.390 e. The summed E-state index contributed by atoms with van der Waals surface area (Å²) < 4.78 is 0. The van der Waals surface area contributed by atoms with Crippen molar-refractivity contribution in [1.82, 2.24) is 9.88 Å². The third kappa shape index (κ3) is 4.42. The van der Waals surface area contributed by atoms with E-state index in [4.69, 9.17) is 11.6 Å². The fourth-order valence-electron chi connectivity index (χ4n) is 2.71. The van der Waals surface area contributed by atoms with Gasteiger partial charge in [0.25, 0.3) is 5.91 Å². The predicted molar refractivity (Wildman–Crippen MR) is 83.6 cm³/mol. The highest BCUT2D eigenvalue weighted by atomic mass is 35.5. The third-order valence-electron chi connectivity index (χ3n) is 3.95. The molecule has 2 heterocycles. The van der Waals surface area contributed by atoms with Gasteiger partial charge in [0.05, 0.1) is 5.60 Å². The van der Waals surface area contributed by atoms with Crippen LogP contribution in [0.4, 0.5) is 0 Å². The van der Waals surface area contributed by atoms with Crippen molar-refractivity contribution in [1.29, 1.82) is 0 Å². The molecule has 1 saturated heterocycles. The van der Waals surface area contributed by atoms with Crippen LogP contribution in [0.2, 0.25) is 5.15 Å². The maximum atomic E-state index is 12.6. The Balaban J connectivity index is 2.15. The molecule has 1 fully saturated rings. The summed E-state index contributed by atoms with van der Waals surface area (Å²) in [6, 6.07) is 3.47. The number of carbonyl (C=O) groups is 1. The van der Waals surface area contributed by atoms with Gasteiger partial charge in [-0.1, -0.05) is 24.9 Å². The lowest BCUT2D eigenvalue weighted by molar-refractivity contribution is 0.0438. The zero-order valence-corrected chi connectivity index (χ0v) is 13.5. The van der Waals surface area contributed by atoms with Gasteiger partial charge >= 0.3 is 0 Å². The first-order valence-corrected chi connectivity index (χ1v) is 7.97. The Morgan fingerprint density at radius 2 is 2.19 bits per heavy atom. The van der Waals surface area contributed by atoms with E-state index in [1.54, 1.807) is 6.07 Å². The van der Waals surface area contributed by atoms with Crippen LogP contribution in [0, 0.1) is 0 Å². The van der Waals surface area contributed by atoms with Gasteiger partial charge in [0.15, 0.2) is 0 Å². The lowest BCUT2D eigenvalue weighted by Crippen LogP contribution is -2.33. The van der Waals surface area contributed by atoms with Crippen LogP contribution < -0.4 is 0 Å². The van der Waals surface area contributed by atoms with Crippen molar-refractivity contribution in [3.05, 3.63) is 28.5 Å². The predicted octanol–water partition coefficient (Wildman–Crippen LogP) is 3.06. The van der Waals surface area contributed by atoms with E-state index >= 15 is 0 Å². The number of likely N-dealkylation sites (tertiary alicyclic amines) is 1. The Hall–Kier alpha value is -1.13. The molecule has 0 radical (unpaired) electrons. The van der Waals surface area contributed by atoms with Gasteiger partial charge in [-0.15, -0.1) is 0 Å². The summed E-state index contributed by atoms with van der Waals surface area (Å²) in [7, 11) is 0. The zero-order chi connectivity index (χ0) is 15.5. The molecule has 0 spiro atoms. The van der Waals surface area contributed by atoms with Crippen molar-refractivity contribution in [2.45, 2.75) is 51.6 Å². The molecule has 1 unspecified atom stereocenters. The molecule has 0 aliphatic carbocycles. The Morgan fingerprint density at radius 1 is 1.43 bits per heavy atom. The number of aromatic nitrogens is 1. The van der Waals surface area contributed by atoms with E-state index in [0.717, 1.165) is 31.4 Å². The number of halogens is 1. The van der Waals surface area contributed by atoms with Crippen LogP contribution in [0.1, 0.15) is 55.6 Å². The molecule has 0 saturated carbocycles. The summed E-state index contributed by atoms with van der Waals surface area (Å²) in [5, 5.41) is 10.5. The summed E-state index contributed by atoms with van der Waals surface area (Å²) in [5.74, 6) is -0.0191. The Kier molecular flexibility index (Phi) is 5.22. The molecule has 1 aromatic heterocycles. The van der Waals surface area contributed by atoms with Gasteiger partial charge in [0.1, 0.15) is 5.15 Å². The summed E-state index contributed by atoms with van der Waals surface area (Å²) >= 11 is 6.02. The van der Waals surface area contributed by atoms with E-state index in [1.807, 2.05) is 17.9 Å². The number of carbonyl (C=O) groups excluding carboxylic acids is 1. The zero-order valence-electron chi connectivity index (χ0n) is 12.7. The molecule has 1 aliphatic rings. The average Bonchev–Trinajstić information content (AvgIpc) is 2.58. The molecule has 1 atom stereocenters. The van der Waals surface area contributed by atoms with Crippen molar-refractivity contribution in [2.24, 2.45) is 0 Å². The number of hydrogen-bond acceptors (Lipinski definition) is 3. The van der Waals surface area contributed by atoms with Gasteiger partial charge in [0, 0.05) is 24.3 Å². The van der Waals surface area contributed by atoms with Gasteiger partial charge in [-0.05, 0) is 44.7 Å². The number of aryl methyl sites for hydroxylation is 1. The second kappa shape index (κ2) is 6.75. The number of nitrogens with zero attached hydrogens (tertiary/aromatic N) is 2. The van der Waals surface area contributed by atoms with E-state index in [2.05, 4.69) is 11.9 Å². The summed E-state index contributed by atoms with van der Waals surface area (Å²) in [6.45, 7) is 5.16. The van der Waals surface area contributed by atoms with Crippen molar-refractivity contribution < 1.29 is 9.90 Å². The minimum Gasteiger partial charge on any atom is -0.390 e. The highest BCUT2D eigenvalue weighted by Crippen LogP contribution is 2.23. The Bertz CT molecular complexity index is 517. The molecule has 0 bridgehead atoms. The molecular formula is C16H23ClN2O2. The summed E-state index contributed by atoms with van der Waals surface area (Å²) in [4.78, 5) is 18.7. The first kappa shape index (κ1) is 16.2. The fourth-order valence-corrected chi connectivity index (χ4v) is 2.93. The van der Waals surface area contributed by atoms with Crippen molar-refractivity contribution in [3.63, 3.8) is 0 Å². The Labute approximate surface area is 131 Å². The second-order valence-electron chi connectivity index (χ2n) is 6.06. The van der Waals surface area contributed by atoms with E-state index < -0.39 is 5.60 Å². The monoisotopic (exact) mass is 310 g/mol. The molecule has 4 nitrogen and oxygen atoms in total. The number of pyridine rings is 1. The first-order valence-electron chi connectivity index (χ1n) is 7.59. The van der Waals surface area contributed by atoms with Crippen molar-refractivity contribution >= 4 is 17.5 Å². The van der Waals surface area contributed by atoms with E-state index in [-0.39, 0.29) is 5.91 Å². The lowest BCUT2D eigenvalue weighted by Gasteiger charge is -2.22. The maximum Gasteiger partial charge on any atom is 0.254 e. The van der Waals surface area contributed by atoms with E-state index in [0.29, 0.717) is 30.2 Å². The van der Waals surface area contributed by atoms with Gasteiger partial charge in [-0.2, -0.15) is 0 Å². The second-order valence-corrected chi connectivity index (χ2v) is 6.45. The van der Waals surface area contributed by atoms with Gasteiger partial charge in [-0.3, -0.25) is 4.79 Å². The topological polar surface area (TPSA) is 53.4 Å². The number of amides is 1. The third-order valence-corrected chi connectivity index (χ3v) is 4.14. The van der Waals surface area contributed by atoms with Crippen molar-refractivity contribution in [2.75, 3.05) is 13.1 Å². The van der Waals surface area contributed by atoms with Gasteiger partial charge < -0.3 is 10.0 Å². The number of hydrogen-bond donors (Lipinski definition) is 1. The maximum absolute atomic E-state index is 12.6. The van der Waals surface area contributed by atoms with E-state index in [9.17, 15) is 9.90 Å². The van der Waals surface area contributed by atoms with Crippen LogP contribution in [0.5, 0.6) is 0 Å². The molecule has 1 aliphatic heterocycles. The summed E-state index contributed by atoms with van der Waals surface area (Å²) in [5.41, 5.74) is 0.785. The molecule has 5 heteroatoms. The van der Waals surface area contributed by atoms with Crippen LogP contribution >= 0.6 is 11.6 Å². The fraction of sp³-hybridized carbons (Fsp3) is 0.625. The van der Waals surface area contributed by atoms with E-state index in [1.165, 1.54) is 0 Å².